The van der Waals surface area contributed by atoms with E-state index >= 15 is 0 Å². The number of rotatable bonds is 2. The van der Waals surface area contributed by atoms with Crippen LogP contribution in [0.5, 0.6) is 5.75 Å². The first-order chi connectivity index (χ1) is 6.73. The molecule has 1 aromatic carbocycles. The lowest BCUT2D eigenvalue weighted by molar-refractivity contribution is 0.0691. The molecule has 0 amide bonds. The quantitative estimate of drug-likeness (QED) is 0.773. The standard InChI is InChI=1S/C7H4ClFO5S/c8-15(13,14)6-1-3(7(11)12)4(9)2-5(6)10/h1-2,10H,(H,11,12). The molecule has 8 heteroatoms. The summed E-state index contributed by atoms with van der Waals surface area (Å²) in [5, 5.41) is 17.5. The SMILES string of the molecule is O=C(O)c1cc(S(=O)(=O)Cl)c(O)cc1F. The van der Waals surface area contributed by atoms with E-state index in [1.54, 1.807) is 0 Å². The zero-order valence-electron chi connectivity index (χ0n) is 6.94. The van der Waals surface area contributed by atoms with Crippen molar-refractivity contribution in [2.45, 2.75) is 4.90 Å². The molecule has 0 saturated heterocycles. The van der Waals surface area contributed by atoms with Crippen molar-refractivity contribution in [3.8, 4) is 5.75 Å². The summed E-state index contributed by atoms with van der Waals surface area (Å²) in [7, 11) is 0.576. The predicted molar refractivity (Wildman–Crippen MR) is 48.1 cm³/mol. The number of halogens is 2. The maximum absolute atomic E-state index is 12.9. The van der Waals surface area contributed by atoms with Crippen molar-refractivity contribution in [3.05, 3.63) is 23.5 Å². The molecule has 0 aliphatic heterocycles. The Morgan fingerprint density at radius 2 is 1.93 bits per heavy atom. The van der Waals surface area contributed by atoms with Gasteiger partial charge in [0.2, 0.25) is 0 Å². The summed E-state index contributed by atoms with van der Waals surface area (Å²) in [4.78, 5) is 9.61. The number of hydrogen-bond donors (Lipinski definition) is 2. The normalized spacial score (nSPS) is 11.3. The Bertz CT molecular complexity index is 524. The monoisotopic (exact) mass is 254 g/mol. The first kappa shape index (κ1) is 11.7. The van der Waals surface area contributed by atoms with E-state index in [0.717, 1.165) is 0 Å². The minimum absolute atomic E-state index is 0.374. The fourth-order valence-corrected chi connectivity index (χ4v) is 1.84. The van der Waals surface area contributed by atoms with Crippen LogP contribution in [-0.2, 0) is 9.05 Å². The highest BCUT2D eigenvalue weighted by atomic mass is 35.7. The average molecular weight is 255 g/mol. The minimum Gasteiger partial charge on any atom is -0.506 e. The number of phenols is 1. The number of carbonyl (C=O) groups is 1. The zero-order chi connectivity index (χ0) is 11.8. The van der Waals surface area contributed by atoms with Gasteiger partial charge in [-0.05, 0) is 6.07 Å². The molecule has 0 aromatic heterocycles. The van der Waals surface area contributed by atoms with E-state index in [4.69, 9.17) is 20.9 Å². The molecule has 0 radical (unpaired) electrons. The third-order valence-corrected chi connectivity index (χ3v) is 2.89. The lowest BCUT2D eigenvalue weighted by Gasteiger charge is -2.03. The van der Waals surface area contributed by atoms with Crippen LogP contribution >= 0.6 is 10.7 Å². The molecule has 0 fully saturated rings. The molecule has 0 spiro atoms. The summed E-state index contributed by atoms with van der Waals surface area (Å²) >= 11 is 0. The first-order valence-electron chi connectivity index (χ1n) is 3.44. The summed E-state index contributed by atoms with van der Waals surface area (Å²) in [6, 6.07) is 0.827. The fourth-order valence-electron chi connectivity index (χ4n) is 0.902. The predicted octanol–water partition coefficient (Wildman–Crippen LogP) is 1.16. The van der Waals surface area contributed by atoms with Gasteiger partial charge in [-0.25, -0.2) is 17.6 Å². The van der Waals surface area contributed by atoms with E-state index in [0.29, 0.717) is 12.1 Å². The molecule has 0 saturated carbocycles. The Morgan fingerprint density at radius 3 is 2.33 bits per heavy atom. The van der Waals surface area contributed by atoms with E-state index in [1.807, 2.05) is 0 Å². The van der Waals surface area contributed by atoms with Gasteiger partial charge in [0, 0.05) is 16.7 Å². The van der Waals surface area contributed by atoms with Crippen LogP contribution in [0.1, 0.15) is 10.4 Å². The highest BCUT2D eigenvalue weighted by molar-refractivity contribution is 8.13. The highest BCUT2D eigenvalue weighted by Crippen LogP contribution is 2.28. The Balaban J connectivity index is 3.58. The van der Waals surface area contributed by atoms with Crippen LogP contribution in [0.25, 0.3) is 0 Å². The number of hydrogen-bond acceptors (Lipinski definition) is 4. The average Bonchev–Trinajstić information content (AvgIpc) is 2.00. The third-order valence-electron chi connectivity index (χ3n) is 1.54. The van der Waals surface area contributed by atoms with Crippen molar-refractivity contribution in [3.63, 3.8) is 0 Å². The van der Waals surface area contributed by atoms with Gasteiger partial charge in [0.1, 0.15) is 16.5 Å². The molecule has 0 atom stereocenters. The largest absolute Gasteiger partial charge is 0.506 e. The molecular weight excluding hydrogens is 251 g/mol. The van der Waals surface area contributed by atoms with Gasteiger partial charge in [-0.1, -0.05) is 0 Å². The summed E-state index contributed by atoms with van der Waals surface area (Å²) in [5.41, 5.74) is -0.882. The van der Waals surface area contributed by atoms with Gasteiger partial charge in [0.15, 0.2) is 0 Å². The van der Waals surface area contributed by atoms with E-state index < -0.39 is 37.0 Å². The molecule has 5 nitrogen and oxygen atoms in total. The number of phenolic OH excluding ortho intramolecular Hbond substituents is 1. The van der Waals surface area contributed by atoms with Gasteiger partial charge < -0.3 is 10.2 Å². The van der Waals surface area contributed by atoms with Crippen molar-refractivity contribution >= 4 is 25.7 Å². The number of carboxylic acids is 1. The Labute approximate surface area is 88.1 Å². The number of carboxylic acid groups (broad SMARTS) is 1. The zero-order valence-corrected chi connectivity index (χ0v) is 8.51. The molecular formula is C7H4ClFO5S. The highest BCUT2D eigenvalue weighted by Gasteiger charge is 2.21. The Hall–Kier alpha value is -1.34. The van der Waals surface area contributed by atoms with E-state index in [2.05, 4.69) is 0 Å². The molecule has 82 valence electrons. The second kappa shape index (κ2) is 3.67. The Kier molecular flexibility index (Phi) is 2.87. The Morgan fingerprint density at radius 1 is 1.40 bits per heavy atom. The molecule has 1 rings (SSSR count). The van der Waals surface area contributed by atoms with Crippen LogP contribution in [-0.4, -0.2) is 24.6 Å². The van der Waals surface area contributed by atoms with Crippen molar-refractivity contribution in [1.82, 2.24) is 0 Å². The summed E-state index contributed by atoms with van der Waals surface area (Å²) in [5.74, 6) is -3.84. The number of benzene rings is 1. The fraction of sp³-hybridized carbons (Fsp3) is 0. The van der Waals surface area contributed by atoms with Crippen molar-refractivity contribution < 1.29 is 27.8 Å². The topological polar surface area (TPSA) is 91.7 Å². The van der Waals surface area contributed by atoms with Gasteiger partial charge in [0.05, 0.1) is 5.56 Å². The van der Waals surface area contributed by atoms with Crippen LogP contribution in [0.15, 0.2) is 17.0 Å². The third kappa shape index (κ3) is 2.37. The van der Waals surface area contributed by atoms with E-state index in [9.17, 15) is 17.6 Å². The maximum Gasteiger partial charge on any atom is 0.338 e. The molecule has 0 unspecified atom stereocenters. The smallest absolute Gasteiger partial charge is 0.338 e. The van der Waals surface area contributed by atoms with Crippen molar-refractivity contribution in [2.75, 3.05) is 0 Å². The lowest BCUT2D eigenvalue weighted by Crippen LogP contribution is -2.03. The second-order valence-electron chi connectivity index (χ2n) is 2.54. The van der Waals surface area contributed by atoms with Crippen LogP contribution in [0.4, 0.5) is 4.39 Å². The molecule has 0 aliphatic rings. The molecule has 0 aliphatic carbocycles. The molecule has 0 heterocycles. The second-order valence-corrected chi connectivity index (χ2v) is 5.08. The molecule has 2 N–H and O–H groups in total. The van der Waals surface area contributed by atoms with Gasteiger partial charge >= 0.3 is 5.97 Å². The van der Waals surface area contributed by atoms with Gasteiger partial charge in [-0.2, -0.15) is 0 Å². The van der Waals surface area contributed by atoms with Crippen molar-refractivity contribution in [1.29, 1.82) is 0 Å². The van der Waals surface area contributed by atoms with Crippen molar-refractivity contribution in [2.24, 2.45) is 0 Å². The van der Waals surface area contributed by atoms with Crippen LogP contribution in [0, 0.1) is 5.82 Å². The van der Waals surface area contributed by atoms with E-state index in [-0.39, 0.29) is 0 Å². The summed E-state index contributed by atoms with van der Waals surface area (Å²) in [6.07, 6.45) is 0. The molecule has 15 heavy (non-hydrogen) atoms. The van der Waals surface area contributed by atoms with Crippen LogP contribution < -0.4 is 0 Å². The maximum atomic E-state index is 12.9. The lowest BCUT2D eigenvalue weighted by atomic mass is 10.2. The van der Waals surface area contributed by atoms with Gasteiger partial charge in [-0.3, -0.25) is 0 Å². The number of aromatic hydroxyl groups is 1. The van der Waals surface area contributed by atoms with Gasteiger partial charge in [0.25, 0.3) is 9.05 Å². The van der Waals surface area contributed by atoms with Gasteiger partial charge in [-0.15, -0.1) is 0 Å². The van der Waals surface area contributed by atoms with Crippen LogP contribution in [0.2, 0.25) is 0 Å². The minimum atomic E-state index is -4.31. The first-order valence-corrected chi connectivity index (χ1v) is 5.75. The van der Waals surface area contributed by atoms with Crippen LogP contribution in [0.3, 0.4) is 0 Å². The summed E-state index contributed by atoms with van der Waals surface area (Å²) < 4.78 is 34.6. The molecule has 0 bridgehead atoms. The van der Waals surface area contributed by atoms with E-state index in [1.165, 1.54) is 0 Å². The summed E-state index contributed by atoms with van der Waals surface area (Å²) in [6.45, 7) is 0. The number of aromatic carboxylic acids is 1. The molecule has 1 aromatic rings.